The van der Waals surface area contributed by atoms with E-state index in [0.29, 0.717) is 35.1 Å². The molecule has 0 spiro atoms. The third-order valence-corrected chi connectivity index (χ3v) is 5.37. The molecule has 0 radical (unpaired) electrons. The number of nitrogens with one attached hydrogen (secondary N) is 1. The minimum absolute atomic E-state index is 0.0325. The quantitative estimate of drug-likeness (QED) is 0.381. The van der Waals surface area contributed by atoms with Crippen molar-refractivity contribution in [3.8, 4) is 5.75 Å². The Balaban J connectivity index is 1.78. The topological polar surface area (TPSA) is 119 Å². The normalized spacial score (nSPS) is 11.9. The van der Waals surface area contributed by atoms with Crippen LogP contribution in [-0.2, 0) is 22.6 Å². The Kier molecular flexibility index (Phi) is 7.41. The number of aryl methyl sites for hydroxylation is 1. The lowest BCUT2D eigenvalue weighted by Crippen LogP contribution is -2.42. The molecule has 1 amide bonds. The fourth-order valence-electron chi connectivity index (χ4n) is 3.08. The van der Waals surface area contributed by atoms with Crippen molar-refractivity contribution in [2.75, 3.05) is 12.0 Å². The van der Waals surface area contributed by atoms with Crippen LogP contribution in [0.1, 0.15) is 35.0 Å². The summed E-state index contributed by atoms with van der Waals surface area (Å²) in [5.41, 5.74) is 0.721. The number of rotatable bonds is 9. The van der Waals surface area contributed by atoms with Crippen LogP contribution < -0.4 is 10.9 Å². The fourth-order valence-corrected chi connectivity index (χ4v) is 3.55. The van der Waals surface area contributed by atoms with Crippen LogP contribution in [0, 0.1) is 0 Å². The van der Waals surface area contributed by atoms with Gasteiger partial charge in [-0.25, -0.2) is 9.59 Å². The van der Waals surface area contributed by atoms with Gasteiger partial charge < -0.3 is 24.0 Å². The summed E-state index contributed by atoms with van der Waals surface area (Å²) in [7, 11) is 0. The van der Waals surface area contributed by atoms with E-state index in [0.717, 1.165) is 0 Å². The van der Waals surface area contributed by atoms with E-state index in [4.69, 9.17) is 13.6 Å². The van der Waals surface area contributed by atoms with E-state index < -0.39 is 23.5 Å². The standard InChI is InChI=1S/C22H23NO7S/c1-3-13-9-15-14(10-20(25)30-19(15)11-17(13)24)12-29-22(27)16(6-8-31-2)23-21(26)18-5-4-7-28-18/h4-5,7,9-11,16,24H,3,6,8,12H2,1-2H3,(H,23,26)/t16-/m1/s1. The number of aromatic hydroxyl groups is 1. The number of carbonyl (C=O) groups is 2. The Labute approximate surface area is 182 Å². The van der Waals surface area contributed by atoms with Crippen LogP contribution in [0.3, 0.4) is 0 Å². The highest BCUT2D eigenvalue weighted by Gasteiger charge is 2.24. The summed E-state index contributed by atoms with van der Waals surface area (Å²) in [5, 5.41) is 13.2. The highest BCUT2D eigenvalue weighted by atomic mass is 32.2. The van der Waals surface area contributed by atoms with Gasteiger partial charge in [0.25, 0.3) is 5.91 Å². The third kappa shape index (κ3) is 5.49. The van der Waals surface area contributed by atoms with Gasteiger partial charge in [0.1, 0.15) is 24.0 Å². The summed E-state index contributed by atoms with van der Waals surface area (Å²) < 4.78 is 15.7. The van der Waals surface area contributed by atoms with Gasteiger partial charge >= 0.3 is 11.6 Å². The predicted octanol–water partition coefficient (Wildman–Crippen LogP) is 3.25. The first kappa shape index (κ1) is 22.5. The maximum atomic E-state index is 12.7. The number of thioether (sulfide) groups is 1. The van der Waals surface area contributed by atoms with Crippen molar-refractivity contribution in [3.63, 3.8) is 0 Å². The van der Waals surface area contributed by atoms with Crippen LogP contribution in [0.15, 0.2) is 50.2 Å². The van der Waals surface area contributed by atoms with Gasteiger partial charge in [-0.3, -0.25) is 4.79 Å². The van der Waals surface area contributed by atoms with Gasteiger partial charge in [0.15, 0.2) is 5.76 Å². The third-order valence-electron chi connectivity index (χ3n) is 4.73. The molecule has 0 unspecified atom stereocenters. The lowest BCUT2D eigenvalue weighted by molar-refractivity contribution is -0.147. The molecule has 2 heterocycles. The largest absolute Gasteiger partial charge is 0.508 e. The summed E-state index contributed by atoms with van der Waals surface area (Å²) in [6.45, 7) is 1.71. The molecule has 3 aromatic rings. The molecule has 0 aliphatic carbocycles. The first-order valence-corrected chi connectivity index (χ1v) is 11.1. The van der Waals surface area contributed by atoms with Crippen LogP contribution in [0.25, 0.3) is 11.0 Å². The van der Waals surface area contributed by atoms with Crippen LogP contribution >= 0.6 is 11.8 Å². The monoisotopic (exact) mass is 445 g/mol. The lowest BCUT2D eigenvalue weighted by Gasteiger charge is -2.17. The molecule has 0 bridgehead atoms. The number of phenolic OH excluding ortho intramolecular Hbond substituents is 1. The van der Waals surface area contributed by atoms with Crippen LogP contribution in [-0.4, -0.2) is 35.0 Å². The van der Waals surface area contributed by atoms with Crippen molar-refractivity contribution in [2.24, 2.45) is 0 Å². The second kappa shape index (κ2) is 10.2. The molecule has 0 saturated heterocycles. The van der Waals surface area contributed by atoms with Gasteiger partial charge in [-0.2, -0.15) is 11.8 Å². The van der Waals surface area contributed by atoms with Crippen molar-refractivity contribution in [1.29, 1.82) is 0 Å². The lowest BCUT2D eigenvalue weighted by atomic mass is 10.0. The molecular weight excluding hydrogens is 422 g/mol. The van der Waals surface area contributed by atoms with Crippen molar-refractivity contribution < 1.29 is 28.3 Å². The van der Waals surface area contributed by atoms with Crippen LogP contribution in [0.2, 0.25) is 0 Å². The van der Waals surface area contributed by atoms with Gasteiger partial charge in [-0.05, 0) is 48.6 Å². The molecule has 2 N–H and O–H groups in total. The summed E-state index contributed by atoms with van der Waals surface area (Å²) in [6.07, 6.45) is 4.22. The van der Waals surface area contributed by atoms with Crippen molar-refractivity contribution in [3.05, 3.63) is 63.9 Å². The van der Waals surface area contributed by atoms with Crippen molar-refractivity contribution in [2.45, 2.75) is 32.4 Å². The van der Waals surface area contributed by atoms with Crippen molar-refractivity contribution in [1.82, 2.24) is 5.32 Å². The van der Waals surface area contributed by atoms with Gasteiger partial charge in [0.05, 0.1) is 6.26 Å². The number of ether oxygens (including phenoxy) is 1. The van der Waals surface area contributed by atoms with Gasteiger partial charge in [0.2, 0.25) is 0 Å². The summed E-state index contributed by atoms with van der Waals surface area (Å²) >= 11 is 1.54. The summed E-state index contributed by atoms with van der Waals surface area (Å²) in [5.74, 6) is -0.368. The number of benzene rings is 1. The molecule has 3 rings (SSSR count). The molecular formula is C22H23NO7S. The Morgan fingerprint density at radius 3 is 2.74 bits per heavy atom. The van der Waals surface area contributed by atoms with Crippen LogP contribution in [0.4, 0.5) is 0 Å². The number of furan rings is 1. The number of amides is 1. The predicted molar refractivity (Wildman–Crippen MR) is 116 cm³/mol. The fraction of sp³-hybridized carbons (Fsp3) is 0.318. The first-order chi connectivity index (χ1) is 14.9. The zero-order chi connectivity index (χ0) is 22.4. The Hall–Kier alpha value is -3.20. The molecule has 31 heavy (non-hydrogen) atoms. The maximum absolute atomic E-state index is 12.7. The van der Waals surface area contributed by atoms with E-state index in [2.05, 4.69) is 5.32 Å². The maximum Gasteiger partial charge on any atom is 0.336 e. The number of carbonyl (C=O) groups excluding carboxylic acids is 2. The molecule has 0 saturated carbocycles. The minimum Gasteiger partial charge on any atom is -0.508 e. The molecule has 0 aliphatic rings. The number of fused-ring (bicyclic) bond motifs is 1. The molecule has 164 valence electrons. The van der Waals surface area contributed by atoms with E-state index in [1.807, 2.05) is 13.2 Å². The van der Waals surface area contributed by atoms with Gasteiger partial charge in [-0.15, -0.1) is 0 Å². The summed E-state index contributed by atoms with van der Waals surface area (Å²) in [6, 6.07) is 6.56. The minimum atomic E-state index is -0.869. The van der Waals surface area contributed by atoms with E-state index in [9.17, 15) is 19.5 Å². The molecule has 0 fully saturated rings. The zero-order valence-electron chi connectivity index (χ0n) is 17.2. The molecule has 9 heteroatoms. The molecule has 2 aromatic heterocycles. The van der Waals surface area contributed by atoms with E-state index in [1.54, 1.807) is 12.1 Å². The average Bonchev–Trinajstić information content (AvgIpc) is 3.29. The Bertz CT molecular complexity index is 1120. The first-order valence-electron chi connectivity index (χ1n) is 9.71. The smallest absolute Gasteiger partial charge is 0.336 e. The van der Waals surface area contributed by atoms with Gasteiger partial charge in [-0.1, -0.05) is 6.92 Å². The Morgan fingerprint density at radius 1 is 1.26 bits per heavy atom. The highest BCUT2D eigenvalue weighted by Crippen LogP contribution is 2.27. The van der Waals surface area contributed by atoms with E-state index >= 15 is 0 Å². The molecule has 8 nitrogen and oxygen atoms in total. The Morgan fingerprint density at radius 2 is 2.06 bits per heavy atom. The summed E-state index contributed by atoms with van der Waals surface area (Å²) in [4.78, 5) is 36.9. The SMILES string of the molecule is CCc1cc2c(COC(=O)[C@@H](CCSC)NC(=O)c3ccco3)cc(=O)oc2cc1O. The van der Waals surface area contributed by atoms with Crippen LogP contribution in [0.5, 0.6) is 5.75 Å². The average molecular weight is 445 g/mol. The second-order valence-electron chi connectivity index (χ2n) is 6.81. The van der Waals surface area contributed by atoms with E-state index in [-0.39, 0.29) is 23.7 Å². The molecule has 1 aromatic carbocycles. The highest BCUT2D eigenvalue weighted by molar-refractivity contribution is 7.98. The zero-order valence-corrected chi connectivity index (χ0v) is 18.0. The van der Waals surface area contributed by atoms with Crippen molar-refractivity contribution >= 4 is 34.6 Å². The molecule has 0 aliphatic heterocycles. The number of phenols is 1. The number of hydrogen-bond donors (Lipinski definition) is 2. The van der Waals surface area contributed by atoms with E-state index in [1.165, 1.54) is 36.2 Å². The molecule has 1 atom stereocenters. The number of esters is 1. The van der Waals surface area contributed by atoms with Gasteiger partial charge in [0, 0.05) is 23.1 Å². The number of hydrogen-bond acceptors (Lipinski definition) is 8. The second-order valence-corrected chi connectivity index (χ2v) is 7.80.